The minimum Gasteiger partial charge on any atom is -0.497 e. The molecular formula is C21H28N2O4S. The van der Waals surface area contributed by atoms with Crippen molar-refractivity contribution in [2.24, 2.45) is 0 Å². The summed E-state index contributed by atoms with van der Waals surface area (Å²) in [5.41, 5.74) is 1.19. The molecule has 2 aromatic carbocycles. The van der Waals surface area contributed by atoms with Crippen molar-refractivity contribution in [3.63, 3.8) is 0 Å². The number of ether oxygens (including phenoxy) is 1. The summed E-state index contributed by atoms with van der Waals surface area (Å²) in [6.45, 7) is 3.56. The Hall–Kier alpha value is -2.38. The van der Waals surface area contributed by atoms with Gasteiger partial charge in [0, 0.05) is 6.54 Å². The van der Waals surface area contributed by atoms with E-state index in [2.05, 4.69) is 5.32 Å². The molecule has 0 fully saturated rings. The van der Waals surface area contributed by atoms with E-state index in [9.17, 15) is 13.2 Å². The zero-order chi connectivity index (χ0) is 20.9. The van der Waals surface area contributed by atoms with Crippen molar-refractivity contribution in [2.45, 2.75) is 30.0 Å². The first kappa shape index (κ1) is 21.9. The Morgan fingerprint density at radius 3 is 2.21 bits per heavy atom. The molecule has 152 valence electrons. The number of carbonyl (C=O) groups excluding carboxylic acids is 1. The molecule has 1 N–H and O–H groups in total. The summed E-state index contributed by atoms with van der Waals surface area (Å²) in [6.07, 6.45) is 0. The average Bonchev–Trinajstić information content (AvgIpc) is 2.68. The second-order valence-electron chi connectivity index (χ2n) is 7.05. The average molecular weight is 405 g/mol. The minimum absolute atomic E-state index is 0.0633. The lowest BCUT2D eigenvalue weighted by atomic mass is 10.1. The minimum atomic E-state index is -3.55. The zero-order valence-corrected chi connectivity index (χ0v) is 17.8. The lowest BCUT2D eigenvalue weighted by Gasteiger charge is -2.25. The largest absolute Gasteiger partial charge is 0.497 e. The van der Waals surface area contributed by atoms with Crippen LogP contribution in [-0.4, -0.2) is 52.2 Å². The summed E-state index contributed by atoms with van der Waals surface area (Å²) in [5.74, 6) is 0.360. The molecule has 0 radical (unpaired) electrons. The van der Waals surface area contributed by atoms with Crippen LogP contribution in [0.4, 0.5) is 0 Å². The van der Waals surface area contributed by atoms with E-state index in [1.54, 1.807) is 39.2 Å². The number of hydrogen-bond donors (Lipinski definition) is 1. The smallest absolute Gasteiger partial charge is 0.252 e. The molecule has 0 aromatic heterocycles. The van der Waals surface area contributed by atoms with Crippen molar-refractivity contribution >= 4 is 15.7 Å². The Kier molecular flexibility index (Phi) is 7.21. The van der Waals surface area contributed by atoms with E-state index in [1.807, 2.05) is 43.3 Å². The van der Waals surface area contributed by atoms with Crippen LogP contribution < -0.4 is 10.1 Å². The van der Waals surface area contributed by atoms with Crippen LogP contribution in [0.5, 0.6) is 5.75 Å². The van der Waals surface area contributed by atoms with E-state index >= 15 is 0 Å². The number of likely N-dealkylation sites (N-methyl/N-ethyl adjacent to an activating group) is 1. The molecule has 0 aliphatic rings. The summed E-state index contributed by atoms with van der Waals surface area (Å²) in [6, 6.07) is 13.9. The fraction of sp³-hybridized carbons (Fsp3) is 0.381. The van der Waals surface area contributed by atoms with Gasteiger partial charge < -0.3 is 15.0 Å². The van der Waals surface area contributed by atoms with Crippen LogP contribution in [0.15, 0.2) is 53.4 Å². The summed E-state index contributed by atoms with van der Waals surface area (Å²) in [5, 5.41) is 2.28. The van der Waals surface area contributed by atoms with Gasteiger partial charge in [-0.2, -0.15) is 0 Å². The van der Waals surface area contributed by atoms with E-state index in [4.69, 9.17) is 4.74 Å². The van der Waals surface area contributed by atoms with Gasteiger partial charge in [-0.25, -0.2) is 8.42 Å². The number of nitrogens with one attached hydrogen (secondary N) is 1. The lowest BCUT2D eigenvalue weighted by molar-refractivity contribution is 0.0938. The van der Waals surface area contributed by atoms with Gasteiger partial charge in [0.15, 0.2) is 9.84 Å². The fourth-order valence-electron chi connectivity index (χ4n) is 2.87. The number of amides is 1. The lowest BCUT2D eigenvalue weighted by Crippen LogP contribution is -2.35. The molecule has 1 amide bonds. The van der Waals surface area contributed by atoms with Gasteiger partial charge in [-0.05, 0) is 57.8 Å². The maximum Gasteiger partial charge on any atom is 0.252 e. The predicted octanol–water partition coefficient (Wildman–Crippen LogP) is 2.91. The van der Waals surface area contributed by atoms with Crippen molar-refractivity contribution in [2.75, 3.05) is 27.7 Å². The molecule has 0 bridgehead atoms. The van der Waals surface area contributed by atoms with E-state index in [-0.39, 0.29) is 16.5 Å². The third-order valence-electron chi connectivity index (χ3n) is 4.64. The van der Waals surface area contributed by atoms with Gasteiger partial charge in [-0.3, -0.25) is 4.79 Å². The molecule has 0 spiro atoms. The first-order valence-electron chi connectivity index (χ1n) is 9.10. The number of benzene rings is 2. The zero-order valence-electron chi connectivity index (χ0n) is 17.0. The van der Waals surface area contributed by atoms with Crippen LogP contribution >= 0.6 is 0 Å². The molecule has 0 saturated carbocycles. The molecule has 1 unspecified atom stereocenters. The molecule has 0 aliphatic heterocycles. The second-order valence-corrected chi connectivity index (χ2v) is 9.53. The molecule has 2 rings (SSSR count). The maximum absolute atomic E-state index is 12.8. The second kappa shape index (κ2) is 9.21. The van der Waals surface area contributed by atoms with E-state index in [0.717, 1.165) is 11.3 Å². The highest BCUT2D eigenvalue weighted by atomic mass is 32.2. The van der Waals surface area contributed by atoms with Crippen LogP contribution in [-0.2, 0) is 9.84 Å². The van der Waals surface area contributed by atoms with Gasteiger partial charge >= 0.3 is 0 Å². The first-order chi connectivity index (χ1) is 13.2. The molecule has 28 heavy (non-hydrogen) atoms. The standard InChI is InChI=1S/C21H28N2O4S/c1-15(2)28(25,26)20-9-7-6-8-18(20)21(24)22-14-19(23(3)4)16-10-12-17(27-5)13-11-16/h6-13,15,19H,14H2,1-5H3,(H,22,24). The van der Waals surface area contributed by atoms with Crippen molar-refractivity contribution in [1.82, 2.24) is 10.2 Å². The topological polar surface area (TPSA) is 75.7 Å². The summed E-state index contributed by atoms with van der Waals surface area (Å²) < 4.78 is 30.4. The highest BCUT2D eigenvalue weighted by Crippen LogP contribution is 2.23. The summed E-state index contributed by atoms with van der Waals surface area (Å²) >= 11 is 0. The van der Waals surface area contributed by atoms with Gasteiger partial charge in [-0.15, -0.1) is 0 Å². The number of carbonyl (C=O) groups is 1. The van der Waals surface area contributed by atoms with Gasteiger partial charge in [-0.1, -0.05) is 24.3 Å². The number of methoxy groups -OCH3 is 1. The molecule has 1 atom stereocenters. The first-order valence-corrected chi connectivity index (χ1v) is 10.6. The Labute approximate surface area is 167 Å². The van der Waals surface area contributed by atoms with Crippen LogP contribution in [0.1, 0.15) is 35.8 Å². The monoisotopic (exact) mass is 404 g/mol. The molecule has 0 heterocycles. The van der Waals surface area contributed by atoms with Gasteiger partial charge in [0.2, 0.25) is 0 Å². The van der Waals surface area contributed by atoms with Gasteiger partial charge in [0.05, 0.1) is 28.9 Å². The van der Waals surface area contributed by atoms with Crippen LogP contribution in [0.2, 0.25) is 0 Å². The van der Waals surface area contributed by atoms with Gasteiger partial charge in [0.25, 0.3) is 5.91 Å². The normalized spacial score (nSPS) is 12.8. The molecule has 7 heteroatoms. The Bertz CT molecular complexity index is 906. The Morgan fingerprint density at radius 1 is 1.07 bits per heavy atom. The predicted molar refractivity (Wildman–Crippen MR) is 111 cm³/mol. The Balaban J connectivity index is 2.22. The highest BCUT2D eigenvalue weighted by molar-refractivity contribution is 7.92. The van der Waals surface area contributed by atoms with Crippen molar-refractivity contribution < 1.29 is 17.9 Å². The number of hydrogen-bond acceptors (Lipinski definition) is 5. The van der Waals surface area contributed by atoms with Crippen molar-refractivity contribution in [3.8, 4) is 5.75 Å². The molecular weight excluding hydrogens is 376 g/mol. The highest BCUT2D eigenvalue weighted by Gasteiger charge is 2.25. The molecule has 0 aliphatic carbocycles. The number of nitrogens with zero attached hydrogens (tertiary/aromatic N) is 1. The number of sulfone groups is 1. The third-order valence-corrected chi connectivity index (χ3v) is 6.85. The summed E-state index contributed by atoms with van der Waals surface area (Å²) in [4.78, 5) is 14.8. The van der Waals surface area contributed by atoms with Crippen LogP contribution in [0, 0.1) is 0 Å². The molecule has 0 saturated heterocycles. The maximum atomic E-state index is 12.8. The van der Waals surface area contributed by atoms with E-state index in [1.165, 1.54) is 6.07 Å². The third kappa shape index (κ3) is 4.91. The van der Waals surface area contributed by atoms with Crippen LogP contribution in [0.25, 0.3) is 0 Å². The summed E-state index contributed by atoms with van der Waals surface area (Å²) in [7, 11) is 1.92. The fourth-order valence-corrected chi connectivity index (χ4v) is 4.11. The molecule has 6 nitrogen and oxygen atoms in total. The van der Waals surface area contributed by atoms with Crippen molar-refractivity contribution in [3.05, 3.63) is 59.7 Å². The van der Waals surface area contributed by atoms with Crippen LogP contribution in [0.3, 0.4) is 0 Å². The van der Waals surface area contributed by atoms with E-state index < -0.39 is 21.0 Å². The molecule has 2 aromatic rings. The number of rotatable bonds is 8. The Morgan fingerprint density at radius 2 is 1.68 bits per heavy atom. The van der Waals surface area contributed by atoms with E-state index in [0.29, 0.717) is 6.54 Å². The van der Waals surface area contributed by atoms with Crippen molar-refractivity contribution in [1.29, 1.82) is 0 Å². The SMILES string of the molecule is COc1ccc(C(CNC(=O)c2ccccc2S(=O)(=O)C(C)C)N(C)C)cc1. The quantitative estimate of drug-likeness (QED) is 0.732. The van der Waals surface area contributed by atoms with Gasteiger partial charge in [0.1, 0.15) is 5.75 Å².